The fourth-order valence-corrected chi connectivity index (χ4v) is 1.19. The highest BCUT2D eigenvalue weighted by Gasteiger charge is 2.05. The van der Waals surface area contributed by atoms with Gasteiger partial charge in [0.1, 0.15) is 0 Å². The lowest BCUT2D eigenvalue weighted by Gasteiger charge is -2.10. The fourth-order valence-electron chi connectivity index (χ4n) is 1.19. The lowest BCUT2D eigenvalue weighted by atomic mass is 10.2. The largest absolute Gasteiger partial charge is 0.493 e. The lowest BCUT2D eigenvalue weighted by molar-refractivity contribution is -0.118. The van der Waals surface area contributed by atoms with E-state index in [0.717, 1.165) is 5.56 Å². The molecule has 5 heteroatoms. The Hall–Kier alpha value is -1.75. The third-order valence-electron chi connectivity index (χ3n) is 2.02. The molecule has 1 aromatic carbocycles. The fraction of sp³-hybridized carbons (Fsp3) is 0.364. The topological polar surface area (TPSA) is 81.8 Å². The van der Waals surface area contributed by atoms with Gasteiger partial charge in [0, 0.05) is 0 Å². The molecule has 0 spiro atoms. The summed E-state index contributed by atoms with van der Waals surface area (Å²) in [4.78, 5) is 10.5. The molecule has 0 heterocycles. The molecule has 0 aliphatic heterocycles. The average Bonchev–Trinajstić information content (AvgIpc) is 2.29. The smallest absolute Gasteiger partial charge is 0.220 e. The van der Waals surface area contributed by atoms with Gasteiger partial charge in [-0.25, -0.2) is 0 Å². The standard InChI is InChI=1S/C11H15NO4/c1-15-10-6-8(7-13)2-3-9(10)16-5-4-11(12)14/h2-3,6,13H,4-5,7H2,1H3,(H2,12,14). The highest BCUT2D eigenvalue weighted by Crippen LogP contribution is 2.28. The van der Waals surface area contributed by atoms with Gasteiger partial charge in [0.2, 0.25) is 5.91 Å². The average molecular weight is 225 g/mol. The summed E-state index contributed by atoms with van der Waals surface area (Å²) in [5, 5.41) is 8.94. The molecule has 0 aliphatic rings. The highest BCUT2D eigenvalue weighted by atomic mass is 16.5. The molecule has 5 nitrogen and oxygen atoms in total. The quantitative estimate of drug-likeness (QED) is 0.736. The second kappa shape index (κ2) is 5.97. The van der Waals surface area contributed by atoms with Crippen molar-refractivity contribution in [3.05, 3.63) is 23.8 Å². The summed E-state index contributed by atoms with van der Waals surface area (Å²) in [7, 11) is 1.51. The predicted molar refractivity (Wildman–Crippen MR) is 58.2 cm³/mol. The Balaban J connectivity index is 2.68. The van der Waals surface area contributed by atoms with E-state index in [1.54, 1.807) is 18.2 Å². The molecule has 0 bridgehead atoms. The molecule has 1 rings (SSSR count). The van der Waals surface area contributed by atoms with Crippen LogP contribution in [0.2, 0.25) is 0 Å². The van der Waals surface area contributed by atoms with E-state index in [1.165, 1.54) is 7.11 Å². The number of carbonyl (C=O) groups is 1. The van der Waals surface area contributed by atoms with Crippen LogP contribution in [0.4, 0.5) is 0 Å². The minimum absolute atomic E-state index is 0.0576. The first-order chi connectivity index (χ1) is 7.67. The number of nitrogens with two attached hydrogens (primary N) is 1. The van der Waals surface area contributed by atoms with Gasteiger partial charge >= 0.3 is 0 Å². The number of benzene rings is 1. The van der Waals surface area contributed by atoms with Crippen LogP contribution in [0.3, 0.4) is 0 Å². The van der Waals surface area contributed by atoms with Crippen LogP contribution in [-0.2, 0) is 11.4 Å². The lowest BCUT2D eigenvalue weighted by Crippen LogP contribution is -2.14. The predicted octanol–water partition coefficient (Wildman–Crippen LogP) is 0.442. The zero-order chi connectivity index (χ0) is 12.0. The number of primary amides is 1. The van der Waals surface area contributed by atoms with Gasteiger partial charge in [-0.15, -0.1) is 0 Å². The van der Waals surface area contributed by atoms with E-state index in [-0.39, 0.29) is 19.6 Å². The van der Waals surface area contributed by atoms with Crippen LogP contribution in [0.5, 0.6) is 11.5 Å². The maximum absolute atomic E-state index is 10.5. The van der Waals surface area contributed by atoms with E-state index in [0.29, 0.717) is 11.5 Å². The maximum Gasteiger partial charge on any atom is 0.220 e. The molecule has 1 aromatic rings. The number of aliphatic hydroxyl groups is 1. The zero-order valence-corrected chi connectivity index (χ0v) is 9.10. The molecule has 0 saturated carbocycles. The van der Waals surface area contributed by atoms with E-state index in [1.807, 2.05) is 0 Å². The van der Waals surface area contributed by atoms with Gasteiger partial charge in [-0.2, -0.15) is 0 Å². The molecule has 1 amide bonds. The Bertz CT molecular complexity index is 365. The third-order valence-corrected chi connectivity index (χ3v) is 2.02. The van der Waals surface area contributed by atoms with Crippen molar-refractivity contribution >= 4 is 5.91 Å². The third kappa shape index (κ3) is 3.43. The molecular formula is C11H15NO4. The molecule has 88 valence electrons. The van der Waals surface area contributed by atoms with Crippen LogP contribution in [0.25, 0.3) is 0 Å². The van der Waals surface area contributed by atoms with Crippen molar-refractivity contribution in [2.45, 2.75) is 13.0 Å². The monoisotopic (exact) mass is 225 g/mol. The first-order valence-corrected chi connectivity index (χ1v) is 4.86. The summed E-state index contributed by atoms with van der Waals surface area (Å²) in [6.07, 6.45) is 0.158. The summed E-state index contributed by atoms with van der Waals surface area (Å²) in [5.74, 6) is 0.642. The molecule has 0 saturated heterocycles. The number of ether oxygens (including phenoxy) is 2. The minimum Gasteiger partial charge on any atom is -0.493 e. The SMILES string of the molecule is COc1cc(CO)ccc1OCCC(N)=O. The number of aliphatic hydroxyl groups excluding tert-OH is 1. The zero-order valence-electron chi connectivity index (χ0n) is 9.10. The molecular weight excluding hydrogens is 210 g/mol. The number of methoxy groups -OCH3 is 1. The molecule has 0 atom stereocenters. The van der Waals surface area contributed by atoms with E-state index in [9.17, 15) is 4.79 Å². The first kappa shape index (κ1) is 12.3. The molecule has 0 radical (unpaired) electrons. The van der Waals surface area contributed by atoms with E-state index in [4.69, 9.17) is 20.3 Å². The second-order valence-corrected chi connectivity index (χ2v) is 3.21. The number of hydrogen-bond donors (Lipinski definition) is 2. The van der Waals surface area contributed by atoms with Crippen molar-refractivity contribution in [2.24, 2.45) is 5.73 Å². The van der Waals surface area contributed by atoms with E-state index < -0.39 is 5.91 Å². The van der Waals surface area contributed by atoms with Crippen molar-refractivity contribution in [2.75, 3.05) is 13.7 Å². The number of carbonyl (C=O) groups excluding carboxylic acids is 1. The summed E-state index contributed by atoms with van der Waals surface area (Å²) in [6.45, 7) is 0.155. The first-order valence-electron chi connectivity index (χ1n) is 4.86. The van der Waals surface area contributed by atoms with Crippen LogP contribution in [0.15, 0.2) is 18.2 Å². The van der Waals surface area contributed by atoms with E-state index >= 15 is 0 Å². The van der Waals surface area contributed by atoms with E-state index in [2.05, 4.69) is 0 Å². The molecule has 16 heavy (non-hydrogen) atoms. The molecule has 0 fully saturated rings. The number of hydrogen-bond acceptors (Lipinski definition) is 4. The number of rotatable bonds is 6. The van der Waals surface area contributed by atoms with Crippen LogP contribution in [0.1, 0.15) is 12.0 Å². The Morgan fingerprint density at radius 2 is 2.19 bits per heavy atom. The molecule has 0 aromatic heterocycles. The van der Waals surface area contributed by atoms with Gasteiger partial charge in [-0.1, -0.05) is 6.07 Å². The van der Waals surface area contributed by atoms with Crippen LogP contribution >= 0.6 is 0 Å². The summed E-state index contributed by atoms with van der Waals surface area (Å²) >= 11 is 0. The minimum atomic E-state index is -0.411. The Kier molecular flexibility index (Phi) is 4.60. The number of amides is 1. The van der Waals surface area contributed by atoms with Crippen molar-refractivity contribution < 1.29 is 19.4 Å². The van der Waals surface area contributed by atoms with Crippen LogP contribution < -0.4 is 15.2 Å². The molecule has 0 unspecified atom stereocenters. The Morgan fingerprint density at radius 1 is 1.44 bits per heavy atom. The van der Waals surface area contributed by atoms with Gasteiger partial charge in [0.15, 0.2) is 11.5 Å². The Labute approximate surface area is 93.8 Å². The summed E-state index contributed by atoms with van der Waals surface area (Å²) < 4.78 is 10.4. The van der Waals surface area contributed by atoms with Crippen molar-refractivity contribution in [3.8, 4) is 11.5 Å². The summed E-state index contributed by atoms with van der Waals surface area (Å²) in [5.41, 5.74) is 5.72. The normalized spacial score (nSPS) is 9.88. The van der Waals surface area contributed by atoms with Crippen LogP contribution in [-0.4, -0.2) is 24.7 Å². The van der Waals surface area contributed by atoms with Gasteiger partial charge in [0.05, 0.1) is 26.7 Å². The van der Waals surface area contributed by atoms with Crippen molar-refractivity contribution in [1.29, 1.82) is 0 Å². The van der Waals surface area contributed by atoms with Crippen molar-refractivity contribution in [3.63, 3.8) is 0 Å². The van der Waals surface area contributed by atoms with Gasteiger partial charge in [-0.05, 0) is 17.7 Å². The highest BCUT2D eigenvalue weighted by molar-refractivity contribution is 5.73. The van der Waals surface area contributed by atoms with Gasteiger partial charge < -0.3 is 20.3 Å². The summed E-state index contributed by atoms with van der Waals surface area (Å²) in [6, 6.07) is 5.09. The van der Waals surface area contributed by atoms with Crippen LogP contribution in [0, 0.1) is 0 Å². The second-order valence-electron chi connectivity index (χ2n) is 3.21. The van der Waals surface area contributed by atoms with Gasteiger partial charge in [0.25, 0.3) is 0 Å². The van der Waals surface area contributed by atoms with Gasteiger partial charge in [-0.3, -0.25) is 4.79 Å². The van der Waals surface area contributed by atoms with Crippen molar-refractivity contribution in [1.82, 2.24) is 0 Å². The molecule has 0 aliphatic carbocycles. The maximum atomic E-state index is 10.5. The Morgan fingerprint density at radius 3 is 2.75 bits per heavy atom. The molecule has 3 N–H and O–H groups in total.